The van der Waals surface area contributed by atoms with Gasteiger partial charge in [0, 0.05) is 16.7 Å². The summed E-state index contributed by atoms with van der Waals surface area (Å²) < 4.78 is 6.13. The van der Waals surface area contributed by atoms with Crippen LogP contribution in [0.1, 0.15) is 11.1 Å². The molecule has 1 N–H and O–H groups in total. The number of amides is 2. The highest BCUT2D eigenvalue weighted by atomic mass is 79.9. The summed E-state index contributed by atoms with van der Waals surface area (Å²) in [5.74, 6) is 0.121. The van der Waals surface area contributed by atoms with Crippen LogP contribution in [0.15, 0.2) is 93.9 Å². The number of thioether (sulfide) groups is 1. The summed E-state index contributed by atoms with van der Waals surface area (Å²) in [5, 5.41) is 12.7. The normalized spacial score (nSPS) is 16.4. The molecule has 1 fully saturated rings. The molecular formula is C28H24BrN3O3S. The van der Waals surface area contributed by atoms with Crippen molar-refractivity contribution in [2.24, 2.45) is 0 Å². The van der Waals surface area contributed by atoms with Crippen molar-refractivity contribution in [2.75, 3.05) is 18.6 Å². The lowest BCUT2D eigenvalue weighted by Crippen LogP contribution is -2.32. The lowest BCUT2D eigenvalue weighted by atomic mass is 10.1. The Kier molecular flexibility index (Phi) is 8.47. The number of halogens is 1. The van der Waals surface area contributed by atoms with Gasteiger partial charge in [-0.15, -0.1) is 0 Å². The maximum atomic E-state index is 13.5. The van der Waals surface area contributed by atoms with Gasteiger partial charge in [0.05, 0.1) is 12.4 Å². The van der Waals surface area contributed by atoms with Crippen molar-refractivity contribution in [2.45, 2.75) is 18.1 Å². The number of ether oxygens (including phenoxy) is 1. The number of hydrogen-bond donors (Lipinski definition) is 1. The lowest BCUT2D eigenvalue weighted by Gasteiger charge is -2.18. The summed E-state index contributed by atoms with van der Waals surface area (Å²) in [5.41, 5.74) is 2.60. The van der Waals surface area contributed by atoms with Crippen LogP contribution in [0, 0.1) is 11.3 Å². The lowest BCUT2D eigenvalue weighted by molar-refractivity contribution is -0.117. The van der Waals surface area contributed by atoms with E-state index in [0.717, 1.165) is 21.3 Å². The molecule has 0 unspecified atom stereocenters. The standard InChI is InChI=1S/C28H24BrN3O3S/c1-35-23-13-9-19(10-14-23)15-16-31-26(33)24(18-30)28-32(22-5-3-2-4-6-22)27(34)25(36-28)17-20-7-11-21(29)12-8-20/h2-14,25H,15-17H2,1H3,(H,31,33)/b28-24-/t25-/m0/s1. The van der Waals surface area contributed by atoms with Gasteiger partial charge in [-0.3, -0.25) is 14.5 Å². The van der Waals surface area contributed by atoms with E-state index in [4.69, 9.17) is 4.74 Å². The maximum absolute atomic E-state index is 13.5. The van der Waals surface area contributed by atoms with Gasteiger partial charge in [-0.25, -0.2) is 0 Å². The molecule has 8 heteroatoms. The first-order chi connectivity index (χ1) is 17.5. The summed E-state index contributed by atoms with van der Waals surface area (Å²) in [6.07, 6.45) is 1.09. The second-order valence-corrected chi connectivity index (χ2v) is 10.2. The number of nitrogens with one attached hydrogen (secondary N) is 1. The third kappa shape index (κ3) is 5.99. The molecule has 0 radical (unpaired) electrons. The Morgan fingerprint density at radius 3 is 2.36 bits per heavy atom. The summed E-state index contributed by atoms with van der Waals surface area (Å²) >= 11 is 4.69. The molecule has 0 spiro atoms. The van der Waals surface area contributed by atoms with Gasteiger partial charge < -0.3 is 10.1 Å². The van der Waals surface area contributed by atoms with E-state index in [-0.39, 0.29) is 11.5 Å². The summed E-state index contributed by atoms with van der Waals surface area (Å²) in [6, 6.07) is 26.6. The van der Waals surface area contributed by atoms with Crippen LogP contribution in [0.4, 0.5) is 5.69 Å². The Labute approximate surface area is 223 Å². The summed E-state index contributed by atoms with van der Waals surface area (Å²) in [7, 11) is 1.61. The first-order valence-corrected chi connectivity index (χ1v) is 13.0. The molecule has 1 atom stereocenters. The third-order valence-corrected chi connectivity index (χ3v) is 7.50. The molecular weight excluding hydrogens is 538 g/mol. The minimum Gasteiger partial charge on any atom is -0.497 e. The smallest absolute Gasteiger partial charge is 0.264 e. The van der Waals surface area contributed by atoms with Crippen LogP contribution in [0.5, 0.6) is 5.75 Å². The number of benzene rings is 3. The first kappa shape index (κ1) is 25.5. The van der Waals surface area contributed by atoms with E-state index >= 15 is 0 Å². The summed E-state index contributed by atoms with van der Waals surface area (Å²) in [4.78, 5) is 28.1. The van der Waals surface area contributed by atoms with E-state index in [2.05, 4.69) is 21.2 Å². The van der Waals surface area contributed by atoms with Crippen molar-refractivity contribution in [1.82, 2.24) is 5.32 Å². The fourth-order valence-electron chi connectivity index (χ4n) is 3.83. The Morgan fingerprint density at radius 1 is 1.06 bits per heavy atom. The van der Waals surface area contributed by atoms with Crippen LogP contribution in [0.2, 0.25) is 0 Å². The highest BCUT2D eigenvalue weighted by Gasteiger charge is 2.40. The van der Waals surface area contributed by atoms with Crippen molar-refractivity contribution in [3.8, 4) is 11.8 Å². The van der Waals surface area contributed by atoms with E-state index in [0.29, 0.717) is 30.1 Å². The van der Waals surface area contributed by atoms with E-state index in [9.17, 15) is 14.9 Å². The summed E-state index contributed by atoms with van der Waals surface area (Å²) in [6.45, 7) is 0.357. The van der Waals surface area contributed by atoms with Crippen LogP contribution < -0.4 is 15.0 Å². The molecule has 3 aromatic rings. The topological polar surface area (TPSA) is 82.4 Å². The second kappa shape index (κ2) is 11.9. The number of rotatable bonds is 8. The minimum atomic E-state index is -0.494. The highest BCUT2D eigenvalue weighted by Crippen LogP contribution is 2.41. The predicted molar refractivity (Wildman–Crippen MR) is 145 cm³/mol. The zero-order valence-electron chi connectivity index (χ0n) is 19.6. The molecule has 0 aliphatic carbocycles. The van der Waals surface area contributed by atoms with Crippen molar-refractivity contribution >= 4 is 45.2 Å². The van der Waals surface area contributed by atoms with Gasteiger partial charge in [0.25, 0.3) is 5.91 Å². The number of nitrogens with zero attached hydrogens (tertiary/aromatic N) is 2. The van der Waals surface area contributed by atoms with Crippen LogP contribution in [-0.2, 0) is 22.4 Å². The van der Waals surface area contributed by atoms with Crippen LogP contribution in [0.25, 0.3) is 0 Å². The fourth-order valence-corrected chi connectivity index (χ4v) is 5.41. The Balaban J connectivity index is 1.55. The molecule has 1 heterocycles. The quantitative estimate of drug-likeness (QED) is 0.300. The Hall–Kier alpha value is -3.54. The van der Waals surface area contributed by atoms with Crippen LogP contribution >= 0.6 is 27.7 Å². The average Bonchev–Trinajstić information content (AvgIpc) is 3.22. The van der Waals surface area contributed by atoms with E-state index in [1.54, 1.807) is 19.2 Å². The molecule has 4 rings (SSSR count). The second-order valence-electron chi connectivity index (χ2n) is 8.09. The molecule has 182 valence electrons. The van der Waals surface area contributed by atoms with Gasteiger partial charge in [0.1, 0.15) is 22.4 Å². The van der Waals surface area contributed by atoms with Gasteiger partial charge in [-0.05, 0) is 60.4 Å². The van der Waals surface area contributed by atoms with E-state index in [1.165, 1.54) is 16.7 Å². The number of para-hydroxylation sites is 1. The largest absolute Gasteiger partial charge is 0.497 e. The number of methoxy groups -OCH3 is 1. The van der Waals surface area contributed by atoms with Gasteiger partial charge in [-0.2, -0.15) is 5.26 Å². The Bertz CT molecular complexity index is 1300. The highest BCUT2D eigenvalue weighted by molar-refractivity contribution is 9.10. The molecule has 0 saturated carbocycles. The van der Waals surface area contributed by atoms with Crippen molar-refractivity contribution < 1.29 is 14.3 Å². The number of carbonyl (C=O) groups excluding carboxylic acids is 2. The monoisotopic (exact) mass is 561 g/mol. The predicted octanol–water partition coefficient (Wildman–Crippen LogP) is 5.24. The molecule has 2 amide bonds. The number of nitriles is 1. The Morgan fingerprint density at radius 2 is 1.72 bits per heavy atom. The molecule has 6 nitrogen and oxygen atoms in total. The number of hydrogen-bond acceptors (Lipinski definition) is 5. The average molecular weight is 562 g/mol. The fraction of sp³-hybridized carbons (Fsp3) is 0.179. The van der Waals surface area contributed by atoms with E-state index < -0.39 is 11.2 Å². The van der Waals surface area contributed by atoms with Crippen LogP contribution in [0.3, 0.4) is 0 Å². The SMILES string of the molecule is COc1ccc(CCNC(=O)/C(C#N)=C2\S[C@@H](Cc3ccc(Br)cc3)C(=O)N2c2ccccc2)cc1. The maximum Gasteiger partial charge on any atom is 0.264 e. The molecule has 36 heavy (non-hydrogen) atoms. The zero-order chi connectivity index (χ0) is 25.5. The molecule has 1 saturated heterocycles. The molecule has 0 bridgehead atoms. The van der Waals surface area contributed by atoms with Gasteiger partial charge >= 0.3 is 0 Å². The third-order valence-electron chi connectivity index (χ3n) is 5.71. The zero-order valence-corrected chi connectivity index (χ0v) is 22.0. The first-order valence-electron chi connectivity index (χ1n) is 11.4. The van der Waals surface area contributed by atoms with Crippen molar-refractivity contribution in [3.05, 3.63) is 105 Å². The minimum absolute atomic E-state index is 0.0646. The number of anilines is 1. The van der Waals surface area contributed by atoms with Crippen molar-refractivity contribution in [3.63, 3.8) is 0 Å². The van der Waals surface area contributed by atoms with Gasteiger partial charge in [0.2, 0.25) is 5.91 Å². The van der Waals surface area contributed by atoms with Crippen molar-refractivity contribution in [1.29, 1.82) is 5.26 Å². The van der Waals surface area contributed by atoms with Crippen LogP contribution in [-0.4, -0.2) is 30.7 Å². The molecule has 3 aromatic carbocycles. The van der Waals surface area contributed by atoms with Gasteiger partial charge in [0.15, 0.2) is 0 Å². The molecule has 0 aromatic heterocycles. The number of carbonyl (C=O) groups is 2. The van der Waals surface area contributed by atoms with E-state index in [1.807, 2.05) is 72.8 Å². The molecule has 1 aliphatic rings. The van der Waals surface area contributed by atoms with Gasteiger partial charge in [-0.1, -0.05) is 70.2 Å². The molecule has 1 aliphatic heterocycles.